The van der Waals surface area contributed by atoms with E-state index in [2.05, 4.69) is 10.6 Å². The Kier molecular flexibility index (Phi) is 6.71. The van der Waals surface area contributed by atoms with Gasteiger partial charge in [0.05, 0.1) is 12.1 Å². The summed E-state index contributed by atoms with van der Waals surface area (Å²) in [5.74, 6) is -1.51. The number of para-hydroxylation sites is 1. The molecule has 2 aromatic carbocycles. The zero-order valence-corrected chi connectivity index (χ0v) is 16.7. The second kappa shape index (κ2) is 9.24. The maximum absolute atomic E-state index is 13.2. The maximum Gasteiger partial charge on any atom is 0.313 e. The molecular formula is C21H22ClFN2O4. The lowest BCUT2D eigenvalue weighted by atomic mass is 9.73. The number of carbonyl (C=O) groups excluding carboxylic acids is 2. The normalized spacial score (nSPS) is 15.4. The Hall–Kier alpha value is -2.64. The summed E-state index contributed by atoms with van der Waals surface area (Å²) in [4.78, 5) is 24.6. The van der Waals surface area contributed by atoms with Crippen molar-refractivity contribution < 1.29 is 23.5 Å². The van der Waals surface area contributed by atoms with Gasteiger partial charge in [-0.05, 0) is 37.1 Å². The maximum atomic E-state index is 13.2. The molecule has 154 valence electrons. The summed E-state index contributed by atoms with van der Waals surface area (Å²) >= 11 is 5.70. The zero-order valence-electron chi connectivity index (χ0n) is 16.0. The van der Waals surface area contributed by atoms with E-state index in [1.54, 1.807) is 7.11 Å². The molecule has 2 N–H and O–H groups in total. The number of benzene rings is 2. The molecule has 0 unspecified atom stereocenters. The molecule has 0 saturated carbocycles. The highest BCUT2D eigenvalue weighted by molar-refractivity contribution is 6.39. The van der Waals surface area contributed by atoms with Crippen molar-refractivity contribution in [3.63, 3.8) is 0 Å². The third kappa shape index (κ3) is 4.86. The molecule has 1 fully saturated rings. The van der Waals surface area contributed by atoms with E-state index >= 15 is 0 Å². The first kappa shape index (κ1) is 21.1. The summed E-state index contributed by atoms with van der Waals surface area (Å²) in [5.41, 5.74) is 0.804. The molecule has 0 atom stereocenters. The molecule has 1 heterocycles. The van der Waals surface area contributed by atoms with Crippen molar-refractivity contribution in [1.29, 1.82) is 0 Å². The third-order valence-corrected chi connectivity index (χ3v) is 5.39. The number of rotatable bonds is 5. The van der Waals surface area contributed by atoms with Crippen LogP contribution in [0.3, 0.4) is 0 Å². The fourth-order valence-electron chi connectivity index (χ4n) is 3.48. The van der Waals surface area contributed by atoms with Crippen LogP contribution in [0, 0.1) is 5.82 Å². The van der Waals surface area contributed by atoms with Gasteiger partial charge in [0.1, 0.15) is 11.6 Å². The summed E-state index contributed by atoms with van der Waals surface area (Å²) in [6.07, 6.45) is 1.37. The number of ether oxygens (including phenoxy) is 2. The molecule has 2 aromatic rings. The van der Waals surface area contributed by atoms with Gasteiger partial charge in [0.25, 0.3) is 0 Å². The van der Waals surface area contributed by atoms with Crippen molar-refractivity contribution in [2.24, 2.45) is 0 Å². The lowest BCUT2D eigenvalue weighted by Crippen LogP contribution is -2.47. The van der Waals surface area contributed by atoms with E-state index in [1.807, 2.05) is 24.3 Å². The molecule has 0 aliphatic carbocycles. The molecular weight excluding hydrogens is 399 g/mol. The van der Waals surface area contributed by atoms with Gasteiger partial charge < -0.3 is 20.1 Å². The topological polar surface area (TPSA) is 76.7 Å². The molecule has 29 heavy (non-hydrogen) atoms. The average Bonchev–Trinajstić information content (AvgIpc) is 2.75. The molecule has 1 saturated heterocycles. The highest BCUT2D eigenvalue weighted by atomic mass is 35.5. The van der Waals surface area contributed by atoms with Crippen LogP contribution < -0.4 is 15.4 Å². The number of halogens is 2. The number of hydrogen-bond donors (Lipinski definition) is 2. The van der Waals surface area contributed by atoms with E-state index in [0.717, 1.165) is 17.4 Å². The minimum absolute atomic E-state index is 0.138. The largest absolute Gasteiger partial charge is 0.496 e. The van der Waals surface area contributed by atoms with Gasteiger partial charge >= 0.3 is 11.8 Å². The third-order valence-electron chi connectivity index (χ3n) is 5.10. The number of anilines is 1. The molecule has 2 amide bonds. The van der Waals surface area contributed by atoms with Crippen LogP contribution >= 0.6 is 11.6 Å². The smallest absolute Gasteiger partial charge is 0.313 e. The number of amides is 2. The summed E-state index contributed by atoms with van der Waals surface area (Å²) in [6.45, 7) is 1.36. The number of nitrogens with one attached hydrogen (secondary N) is 2. The first-order valence-electron chi connectivity index (χ1n) is 9.21. The predicted molar refractivity (Wildman–Crippen MR) is 108 cm³/mol. The van der Waals surface area contributed by atoms with Crippen LogP contribution in [0.1, 0.15) is 18.4 Å². The van der Waals surface area contributed by atoms with E-state index in [-0.39, 0.29) is 17.3 Å². The molecule has 1 aliphatic heterocycles. The minimum Gasteiger partial charge on any atom is -0.496 e. The Morgan fingerprint density at radius 2 is 1.90 bits per heavy atom. The van der Waals surface area contributed by atoms with E-state index < -0.39 is 23.0 Å². The van der Waals surface area contributed by atoms with Crippen molar-refractivity contribution in [2.75, 3.05) is 32.2 Å². The van der Waals surface area contributed by atoms with Crippen molar-refractivity contribution in [2.45, 2.75) is 18.3 Å². The van der Waals surface area contributed by atoms with Gasteiger partial charge in [-0.1, -0.05) is 29.8 Å². The van der Waals surface area contributed by atoms with Crippen LogP contribution in [-0.2, 0) is 19.7 Å². The van der Waals surface area contributed by atoms with Crippen LogP contribution in [0.2, 0.25) is 5.02 Å². The van der Waals surface area contributed by atoms with E-state index in [0.29, 0.717) is 26.1 Å². The van der Waals surface area contributed by atoms with E-state index in [1.165, 1.54) is 12.1 Å². The number of carbonyl (C=O) groups is 2. The van der Waals surface area contributed by atoms with Gasteiger partial charge in [-0.2, -0.15) is 0 Å². The molecule has 0 spiro atoms. The van der Waals surface area contributed by atoms with Crippen LogP contribution in [0.4, 0.5) is 10.1 Å². The van der Waals surface area contributed by atoms with E-state index in [4.69, 9.17) is 21.1 Å². The van der Waals surface area contributed by atoms with Crippen molar-refractivity contribution in [3.05, 3.63) is 58.9 Å². The summed E-state index contributed by atoms with van der Waals surface area (Å²) in [5, 5.41) is 5.00. The van der Waals surface area contributed by atoms with Crippen molar-refractivity contribution in [3.8, 4) is 5.75 Å². The van der Waals surface area contributed by atoms with Gasteiger partial charge in [-0.25, -0.2) is 4.39 Å². The van der Waals surface area contributed by atoms with Gasteiger partial charge in [-0.3, -0.25) is 9.59 Å². The second-order valence-electron chi connectivity index (χ2n) is 6.86. The minimum atomic E-state index is -0.852. The van der Waals surface area contributed by atoms with Crippen LogP contribution in [0.5, 0.6) is 5.75 Å². The highest BCUT2D eigenvalue weighted by Crippen LogP contribution is 2.39. The predicted octanol–water partition coefficient (Wildman–Crippen LogP) is 3.29. The highest BCUT2D eigenvalue weighted by Gasteiger charge is 2.37. The molecule has 8 heteroatoms. The van der Waals surface area contributed by atoms with Gasteiger partial charge in [0, 0.05) is 36.4 Å². The standard InChI is InChI=1S/C21H22ClFN2O4/c1-28-18-5-3-2-4-15(18)21(8-10-29-11-9-21)13-24-19(26)20(27)25-14-6-7-17(23)16(22)12-14/h2-7,12H,8-11,13H2,1H3,(H,24,26)(H,25,27). The summed E-state index contributed by atoms with van der Waals surface area (Å²) < 4.78 is 24.2. The Labute approximate surface area is 173 Å². The molecule has 1 aliphatic rings. The SMILES string of the molecule is COc1ccccc1C1(CNC(=O)C(=O)Nc2ccc(F)c(Cl)c2)CCOCC1. The fourth-order valence-corrected chi connectivity index (χ4v) is 3.66. The van der Waals surface area contributed by atoms with Crippen LogP contribution in [0.15, 0.2) is 42.5 Å². The Morgan fingerprint density at radius 1 is 1.17 bits per heavy atom. The Bertz CT molecular complexity index is 900. The Balaban J connectivity index is 1.71. The zero-order chi connectivity index (χ0) is 20.9. The average molecular weight is 421 g/mol. The van der Waals surface area contributed by atoms with Crippen molar-refractivity contribution in [1.82, 2.24) is 5.32 Å². The second-order valence-corrected chi connectivity index (χ2v) is 7.27. The number of hydrogen-bond acceptors (Lipinski definition) is 4. The quantitative estimate of drug-likeness (QED) is 0.728. The first-order chi connectivity index (χ1) is 13.9. The van der Waals surface area contributed by atoms with Crippen LogP contribution in [0.25, 0.3) is 0 Å². The van der Waals surface area contributed by atoms with E-state index in [9.17, 15) is 14.0 Å². The first-order valence-corrected chi connectivity index (χ1v) is 9.58. The molecule has 3 rings (SSSR count). The lowest BCUT2D eigenvalue weighted by molar-refractivity contribution is -0.136. The molecule has 0 bridgehead atoms. The molecule has 0 aromatic heterocycles. The van der Waals surface area contributed by atoms with Gasteiger partial charge in [0.15, 0.2) is 0 Å². The Morgan fingerprint density at radius 3 is 2.59 bits per heavy atom. The molecule has 0 radical (unpaired) electrons. The van der Waals surface area contributed by atoms with Gasteiger partial charge in [-0.15, -0.1) is 0 Å². The van der Waals surface area contributed by atoms with Crippen LogP contribution in [-0.4, -0.2) is 38.7 Å². The monoisotopic (exact) mass is 420 g/mol. The lowest BCUT2D eigenvalue weighted by Gasteiger charge is -2.38. The molecule has 6 nitrogen and oxygen atoms in total. The summed E-state index contributed by atoms with van der Waals surface area (Å²) in [7, 11) is 1.60. The van der Waals surface area contributed by atoms with Crippen molar-refractivity contribution >= 4 is 29.1 Å². The summed E-state index contributed by atoms with van der Waals surface area (Å²) in [6, 6.07) is 11.3. The fraction of sp³-hybridized carbons (Fsp3) is 0.333. The van der Waals surface area contributed by atoms with Gasteiger partial charge in [0.2, 0.25) is 0 Å². The number of methoxy groups -OCH3 is 1.